The van der Waals surface area contributed by atoms with Crippen LogP contribution >= 0.6 is 15.9 Å². The Kier molecular flexibility index (Phi) is 2.17. The Balaban J connectivity index is 2.33. The van der Waals surface area contributed by atoms with Crippen LogP contribution in [0.5, 0.6) is 0 Å². The molecule has 0 saturated heterocycles. The van der Waals surface area contributed by atoms with Gasteiger partial charge in [-0.2, -0.15) is 0 Å². The average Bonchev–Trinajstić information content (AvgIpc) is 2.49. The lowest BCUT2D eigenvalue weighted by molar-refractivity contribution is 0.142. The van der Waals surface area contributed by atoms with E-state index in [0.717, 1.165) is 6.61 Å². The molecule has 9 heavy (non-hydrogen) atoms. The van der Waals surface area contributed by atoms with E-state index in [2.05, 4.69) is 22.9 Å². The van der Waals surface area contributed by atoms with Gasteiger partial charge in [0.1, 0.15) is 0 Å². The van der Waals surface area contributed by atoms with E-state index in [1.807, 2.05) is 0 Å². The summed E-state index contributed by atoms with van der Waals surface area (Å²) in [4.78, 5) is 0.616. The van der Waals surface area contributed by atoms with E-state index in [0.29, 0.717) is 10.2 Å². The fraction of sp³-hybridized carbons (Fsp3) is 1.00. The second-order valence-electron chi connectivity index (χ2n) is 2.91. The zero-order valence-electron chi connectivity index (χ0n) is 5.98. The first-order valence-corrected chi connectivity index (χ1v) is 4.26. The first-order valence-electron chi connectivity index (χ1n) is 3.34. The highest BCUT2D eigenvalue weighted by atomic mass is 79.9. The molecule has 1 nitrogen and oxygen atoms in total. The van der Waals surface area contributed by atoms with Gasteiger partial charge in [-0.3, -0.25) is 0 Å². The molecule has 1 atom stereocenters. The van der Waals surface area contributed by atoms with Crippen molar-refractivity contribution < 1.29 is 4.74 Å². The zero-order chi connectivity index (χ0) is 6.91. The predicted octanol–water partition coefficient (Wildman–Crippen LogP) is 2.20. The molecular formula is C7H13BrO. The summed E-state index contributed by atoms with van der Waals surface area (Å²) < 4.78 is 5.10. The number of hydrogen-bond donors (Lipinski definition) is 0. The van der Waals surface area contributed by atoms with E-state index in [9.17, 15) is 0 Å². The SMILES string of the molecule is COCC1(C(C)Br)CC1. The van der Waals surface area contributed by atoms with Crippen LogP contribution in [0, 0.1) is 5.41 Å². The maximum atomic E-state index is 5.10. The Morgan fingerprint density at radius 2 is 2.22 bits per heavy atom. The van der Waals surface area contributed by atoms with E-state index in [1.165, 1.54) is 12.8 Å². The van der Waals surface area contributed by atoms with Crippen LogP contribution in [0.2, 0.25) is 0 Å². The van der Waals surface area contributed by atoms with Crippen LogP contribution in [0.15, 0.2) is 0 Å². The van der Waals surface area contributed by atoms with Crippen LogP contribution in [-0.4, -0.2) is 18.5 Å². The topological polar surface area (TPSA) is 9.23 Å². The van der Waals surface area contributed by atoms with Gasteiger partial charge in [0, 0.05) is 17.4 Å². The van der Waals surface area contributed by atoms with Crippen molar-refractivity contribution in [1.29, 1.82) is 0 Å². The maximum Gasteiger partial charge on any atom is 0.0529 e. The Labute approximate surface area is 64.9 Å². The standard InChI is InChI=1S/C7H13BrO/c1-6(8)7(3-4-7)5-9-2/h6H,3-5H2,1-2H3. The molecule has 1 saturated carbocycles. The van der Waals surface area contributed by atoms with Crippen molar-refractivity contribution in [2.24, 2.45) is 5.41 Å². The fourth-order valence-corrected chi connectivity index (χ4v) is 1.69. The summed E-state index contributed by atoms with van der Waals surface area (Å²) in [6.45, 7) is 3.12. The monoisotopic (exact) mass is 192 g/mol. The van der Waals surface area contributed by atoms with Gasteiger partial charge in [0.05, 0.1) is 6.61 Å². The van der Waals surface area contributed by atoms with Crippen molar-refractivity contribution in [2.45, 2.75) is 24.6 Å². The maximum absolute atomic E-state index is 5.10. The molecule has 1 unspecified atom stereocenters. The van der Waals surface area contributed by atoms with E-state index < -0.39 is 0 Å². The zero-order valence-corrected chi connectivity index (χ0v) is 7.57. The number of rotatable bonds is 3. The molecule has 1 rings (SSSR count). The molecule has 0 radical (unpaired) electrons. The largest absolute Gasteiger partial charge is 0.384 e. The van der Waals surface area contributed by atoms with Gasteiger partial charge in [-0.05, 0) is 12.8 Å². The van der Waals surface area contributed by atoms with Crippen LogP contribution in [0.25, 0.3) is 0 Å². The smallest absolute Gasteiger partial charge is 0.0529 e. The van der Waals surface area contributed by atoms with Crippen LogP contribution in [0.3, 0.4) is 0 Å². The van der Waals surface area contributed by atoms with Gasteiger partial charge < -0.3 is 4.74 Å². The molecular weight excluding hydrogens is 180 g/mol. The van der Waals surface area contributed by atoms with Crippen molar-refractivity contribution in [3.8, 4) is 0 Å². The van der Waals surface area contributed by atoms with Crippen molar-refractivity contribution in [2.75, 3.05) is 13.7 Å². The number of halogens is 1. The summed E-state index contributed by atoms with van der Waals surface area (Å²) >= 11 is 3.58. The summed E-state index contributed by atoms with van der Waals surface area (Å²) in [5.41, 5.74) is 0.495. The lowest BCUT2D eigenvalue weighted by Crippen LogP contribution is -2.17. The molecule has 0 bridgehead atoms. The molecule has 0 aromatic heterocycles. The first-order chi connectivity index (χ1) is 4.21. The Bertz CT molecular complexity index is 97.1. The molecule has 0 N–H and O–H groups in total. The molecule has 1 aliphatic carbocycles. The quantitative estimate of drug-likeness (QED) is 0.624. The van der Waals surface area contributed by atoms with Crippen LogP contribution in [-0.2, 0) is 4.74 Å². The molecule has 0 aromatic carbocycles. The van der Waals surface area contributed by atoms with Crippen LogP contribution in [0.4, 0.5) is 0 Å². The van der Waals surface area contributed by atoms with E-state index >= 15 is 0 Å². The summed E-state index contributed by atoms with van der Waals surface area (Å²) in [5, 5.41) is 0. The van der Waals surface area contributed by atoms with E-state index in [1.54, 1.807) is 7.11 Å². The summed E-state index contributed by atoms with van der Waals surface area (Å²) in [6, 6.07) is 0. The third-order valence-corrected chi connectivity index (χ3v) is 3.14. The Hall–Kier alpha value is 0.440. The summed E-state index contributed by atoms with van der Waals surface area (Å²) in [6.07, 6.45) is 2.65. The minimum Gasteiger partial charge on any atom is -0.384 e. The normalized spacial score (nSPS) is 25.7. The molecule has 54 valence electrons. The third kappa shape index (κ3) is 1.47. The molecule has 0 aliphatic heterocycles. The second-order valence-corrected chi connectivity index (χ2v) is 4.28. The third-order valence-electron chi connectivity index (χ3n) is 2.17. The fourth-order valence-electron chi connectivity index (χ4n) is 1.10. The van der Waals surface area contributed by atoms with Crippen molar-refractivity contribution >= 4 is 15.9 Å². The van der Waals surface area contributed by atoms with Crippen molar-refractivity contribution in [3.63, 3.8) is 0 Å². The minimum atomic E-state index is 0.495. The van der Waals surface area contributed by atoms with Gasteiger partial charge in [-0.1, -0.05) is 22.9 Å². The molecule has 0 heterocycles. The Morgan fingerprint density at radius 1 is 1.67 bits per heavy atom. The number of alkyl halides is 1. The van der Waals surface area contributed by atoms with E-state index in [-0.39, 0.29) is 0 Å². The van der Waals surface area contributed by atoms with Gasteiger partial charge in [0.25, 0.3) is 0 Å². The van der Waals surface area contributed by atoms with Crippen LogP contribution in [0.1, 0.15) is 19.8 Å². The lowest BCUT2D eigenvalue weighted by Gasteiger charge is -2.15. The predicted molar refractivity (Wildman–Crippen MR) is 41.9 cm³/mol. The molecule has 1 fully saturated rings. The van der Waals surface area contributed by atoms with E-state index in [4.69, 9.17) is 4.74 Å². The Morgan fingerprint density at radius 3 is 2.33 bits per heavy atom. The highest BCUT2D eigenvalue weighted by Gasteiger charge is 2.46. The molecule has 0 spiro atoms. The summed E-state index contributed by atoms with van der Waals surface area (Å²) in [5.74, 6) is 0. The average molecular weight is 193 g/mol. The number of methoxy groups -OCH3 is 1. The van der Waals surface area contributed by atoms with Crippen molar-refractivity contribution in [1.82, 2.24) is 0 Å². The van der Waals surface area contributed by atoms with Gasteiger partial charge in [0.15, 0.2) is 0 Å². The first kappa shape index (κ1) is 7.55. The van der Waals surface area contributed by atoms with Gasteiger partial charge in [-0.15, -0.1) is 0 Å². The highest BCUT2D eigenvalue weighted by molar-refractivity contribution is 9.09. The second kappa shape index (κ2) is 2.59. The van der Waals surface area contributed by atoms with Crippen molar-refractivity contribution in [3.05, 3.63) is 0 Å². The lowest BCUT2D eigenvalue weighted by atomic mass is 10.1. The molecule has 2 heteroatoms. The minimum absolute atomic E-state index is 0.495. The summed E-state index contributed by atoms with van der Waals surface area (Å²) in [7, 11) is 1.77. The number of ether oxygens (including phenoxy) is 1. The van der Waals surface area contributed by atoms with Gasteiger partial charge >= 0.3 is 0 Å². The van der Waals surface area contributed by atoms with Gasteiger partial charge in [0.2, 0.25) is 0 Å². The van der Waals surface area contributed by atoms with Crippen LogP contribution < -0.4 is 0 Å². The van der Waals surface area contributed by atoms with Gasteiger partial charge in [-0.25, -0.2) is 0 Å². The number of hydrogen-bond acceptors (Lipinski definition) is 1. The molecule has 1 aliphatic rings. The molecule has 0 amide bonds. The molecule has 0 aromatic rings. The highest BCUT2D eigenvalue weighted by Crippen LogP contribution is 2.51.